The Labute approximate surface area is 326 Å². The molecule has 2 atom stereocenters. The smallest absolute Gasteiger partial charge is 0.256 e. The summed E-state index contributed by atoms with van der Waals surface area (Å²) in [4.78, 5) is 31.6. The van der Waals surface area contributed by atoms with E-state index in [1.807, 2.05) is 66.7 Å². The van der Waals surface area contributed by atoms with Gasteiger partial charge in [0, 0.05) is 42.0 Å². The number of rotatable bonds is 16. The molecule has 0 unspecified atom stereocenters. The van der Waals surface area contributed by atoms with E-state index in [1.165, 1.54) is 5.56 Å². The molecule has 4 aromatic carbocycles. The lowest BCUT2D eigenvalue weighted by Crippen LogP contribution is -2.45. The van der Waals surface area contributed by atoms with Gasteiger partial charge in [-0.25, -0.2) is 0 Å². The number of ether oxygens (including phenoxy) is 3. The van der Waals surface area contributed by atoms with E-state index in [0.29, 0.717) is 53.0 Å². The lowest BCUT2D eigenvalue weighted by atomic mass is 9.94. The third-order valence-corrected chi connectivity index (χ3v) is 9.23. The van der Waals surface area contributed by atoms with Gasteiger partial charge in [0.2, 0.25) is 5.91 Å². The first-order chi connectivity index (χ1) is 25.0. The first kappa shape index (κ1) is 41.7. The molecule has 0 saturated heterocycles. The van der Waals surface area contributed by atoms with E-state index >= 15 is 0 Å². The van der Waals surface area contributed by atoms with Crippen LogP contribution in [0.25, 0.3) is 0 Å². The fourth-order valence-electron chi connectivity index (χ4n) is 6.48. The maximum absolute atomic E-state index is 14.5. The maximum atomic E-state index is 14.5. The van der Waals surface area contributed by atoms with Gasteiger partial charge < -0.3 is 29.3 Å². The zero-order valence-corrected chi connectivity index (χ0v) is 33.1. The average Bonchev–Trinajstić information content (AvgIpc) is 3.23. The number of amides is 2. The number of carbonyl (C=O) groups is 2. The van der Waals surface area contributed by atoms with Crippen molar-refractivity contribution in [1.29, 1.82) is 0 Å². The second kappa shape index (κ2) is 19.8. The lowest BCUT2D eigenvalue weighted by molar-refractivity contribution is -0.142. The molecule has 2 amide bonds. The summed E-state index contributed by atoms with van der Waals surface area (Å²) in [6.45, 7) is 9.33. The first-order valence-corrected chi connectivity index (χ1v) is 18.5. The Kier molecular flexibility index (Phi) is 15.6. The third-order valence-electron chi connectivity index (χ3n) is 9.00. The van der Waals surface area contributed by atoms with Gasteiger partial charge in [-0.1, -0.05) is 105 Å². The van der Waals surface area contributed by atoms with Crippen LogP contribution >= 0.6 is 24.0 Å². The number of nitrogens with one attached hydrogen (secondary N) is 1. The van der Waals surface area contributed by atoms with Crippen molar-refractivity contribution in [3.8, 4) is 11.5 Å². The molecule has 1 N–H and O–H groups in total. The Hall–Kier alpha value is -4.08. The molecule has 0 aliphatic carbocycles. The zero-order chi connectivity index (χ0) is 37.1. The topological polar surface area (TPSA) is 80.3 Å². The number of hydrogen-bond donors (Lipinski definition) is 1. The van der Waals surface area contributed by atoms with Gasteiger partial charge in [0.15, 0.2) is 11.5 Å². The maximum Gasteiger partial charge on any atom is 0.256 e. The molecule has 8 nitrogen and oxygen atoms in total. The number of fused-ring (bicyclic) bond motifs is 1. The van der Waals surface area contributed by atoms with Crippen molar-refractivity contribution in [2.24, 2.45) is 5.41 Å². The van der Waals surface area contributed by atoms with Crippen LogP contribution in [0, 0.1) is 5.41 Å². The molecule has 0 spiro atoms. The zero-order valence-electron chi connectivity index (χ0n) is 31.5. The van der Waals surface area contributed by atoms with E-state index in [-0.39, 0.29) is 36.1 Å². The summed E-state index contributed by atoms with van der Waals surface area (Å²) in [6.07, 6.45) is 0.965. The highest BCUT2D eigenvalue weighted by Crippen LogP contribution is 2.45. The van der Waals surface area contributed by atoms with Crippen LogP contribution in [0.3, 0.4) is 0 Å². The number of anilines is 1. The van der Waals surface area contributed by atoms with E-state index in [9.17, 15) is 9.59 Å². The Morgan fingerprint density at radius 3 is 2.26 bits per heavy atom. The molecule has 4 aromatic rings. The SMILES string of the molecule is COc1c(OCCCNCCCc2ccccc2)cccc1[C@H]1O[C@H](CC(=O)N(C)Cc2ccccc2)C(=O)N(CC(C)(C)C)c2ccc(Cl)cc21.Cl. The minimum Gasteiger partial charge on any atom is -0.492 e. The summed E-state index contributed by atoms with van der Waals surface area (Å²) >= 11 is 6.62. The quantitative estimate of drug-likeness (QED) is 0.115. The van der Waals surface area contributed by atoms with Gasteiger partial charge in [-0.3, -0.25) is 9.59 Å². The first-order valence-electron chi connectivity index (χ1n) is 18.1. The minimum absolute atomic E-state index is 0. The van der Waals surface area contributed by atoms with Gasteiger partial charge in [0.1, 0.15) is 12.2 Å². The van der Waals surface area contributed by atoms with Crippen LogP contribution in [-0.2, 0) is 27.3 Å². The molecular weight excluding hydrogens is 709 g/mol. The molecular formula is C43H53Cl2N3O5. The summed E-state index contributed by atoms with van der Waals surface area (Å²) in [5.74, 6) is 0.620. The van der Waals surface area contributed by atoms with Crippen LogP contribution in [0.4, 0.5) is 5.69 Å². The molecule has 0 saturated carbocycles. The number of methoxy groups -OCH3 is 1. The van der Waals surface area contributed by atoms with E-state index < -0.39 is 12.2 Å². The van der Waals surface area contributed by atoms with E-state index in [2.05, 4.69) is 50.4 Å². The van der Waals surface area contributed by atoms with Gasteiger partial charge in [-0.2, -0.15) is 0 Å². The summed E-state index contributed by atoms with van der Waals surface area (Å²) < 4.78 is 19.1. The van der Waals surface area contributed by atoms with Crippen LogP contribution in [0.15, 0.2) is 97.1 Å². The van der Waals surface area contributed by atoms with Crippen LogP contribution in [0.5, 0.6) is 11.5 Å². The number of benzene rings is 4. The molecule has 1 aliphatic heterocycles. The summed E-state index contributed by atoms with van der Waals surface area (Å²) in [7, 11) is 3.35. The summed E-state index contributed by atoms with van der Waals surface area (Å²) in [6, 6.07) is 31.5. The molecule has 53 heavy (non-hydrogen) atoms. The van der Waals surface area contributed by atoms with Gasteiger partial charge >= 0.3 is 0 Å². The number of aryl methyl sites for hydroxylation is 1. The van der Waals surface area contributed by atoms with Crippen molar-refractivity contribution in [1.82, 2.24) is 10.2 Å². The fourth-order valence-corrected chi connectivity index (χ4v) is 6.66. The standard InChI is InChI=1S/C43H52ClN3O5.ClH/c1-43(2,3)30-47-36-23-22-33(44)27-35(36)40(52-38(42(47)49)28-39(48)46(4)29-32-17-10-7-11-18-32)34-20-12-21-37(41(34)50-5)51-26-14-25-45-24-13-19-31-15-8-6-9-16-31;/h6-12,15-18,20-23,27,38,40,45H,13-14,19,24-26,28-30H2,1-5H3;1H/t38-,40-;/m1./s1. The van der Waals surface area contributed by atoms with Crippen molar-refractivity contribution < 1.29 is 23.8 Å². The van der Waals surface area contributed by atoms with E-state index in [0.717, 1.165) is 37.9 Å². The van der Waals surface area contributed by atoms with Crippen LogP contribution < -0.4 is 19.7 Å². The average molecular weight is 763 g/mol. The van der Waals surface area contributed by atoms with Gasteiger partial charge in [-0.05, 0) is 73.2 Å². The normalized spacial score (nSPS) is 15.6. The molecule has 0 aromatic heterocycles. The highest BCUT2D eigenvalue weighted by atomic mass is 35.5. The Bertz CT molecular complexity index is 1770. The molecule has 0 fully saturated rings. The van der Waals surface area contributed by atoms with Gasteiger partial charge in [-0.15, -0.1) is 12.4 Å². The lowest BCUT2D eigenvalue weighted by Gasteiger charge is -2.31. The number of nitrogens with zero attached hydrogens (tertiary/aromatic N) is 2. The summed E-state index contributed by atoms with van der Waals surface area (Å²) in [5, 5.41) is 4.02. The molecule has 5 rings (SSSR count). The molecule has 10 heteroatoms. The van der Waals surface area contributed by atoms with Crippen LogP contribution in [0.2, 0.25) is 5.02 Å². The predicted octanol–water partition coefficient (Wildman–Crippen LogP) is 8.68. The highest BCUT2D eigenvalue weighted by Gasteiger charge is 2.40. The third kappa shape index (κ3) is 11.7. The minimum atomic E-state index is -1.06. The van der Waals surface area contributed by atoms with Gasteiger partial charge in [0.25, 0.3) is 5.91 Å². The number of carbonyl (C=O) groups excluding carboxylic acids is 2. The number of halogens is 2. The van der Waals surface area contributed by atoms with E-state index in [1.54, 1.807) is 30.0 Å². The van der Waals surface area contributed by atoms with Crippen molar-refractivity contribution >= 4 is 41.5 Å². The van der Waals surface area contributed by atoms with Crippen molar-refractivity contribution in [2.75, 3.05) is 45.3 Å². The van der Waals surface area contributed by atoms with Crippen molar-refractivity contribution in [3.63, 3.8) is 0 Å². The Morgan fingerprint density at radius 1 is 0.906 bits per heavy atom. The van der Waals surface area contributed by atoms with Gasteiger partial charge in [0.05, 0.1) is 20.1 Å². The van der Waals surface area contributed by atoms with Crippen molar-refractivity contribution in [2.45, 2.75) is 65.2 Å². The molecule has 1 aliphatic rings. The highest BCUT2D eigenvalue weighted by molar-refractivity contribution is 6.30. The number of para-hydroxylation sites is 1. The van der Waals surface area contributed by atoms with Crippen LogP contribution in [0.1, 0.15) is 68.4 Å². The molecule has 284 valence electrons. The van der Waals surface area contributed by atoms with E-state index in [4.69, 9.17) is 25.8 Å². The molecule has 0 radical (unpaired) electrons. The monoisotopic (exact) mass is 761 g/mol. The second-order valence-corrected chi connectivity index (χ2v) is 15.0. The van der Waals surface area contributed by atoms with Crippen molar-refractivity contribution in [3.05, 3.63) is 124 Å². The second-order valence-electron chi connectivity index (χ2n) is 14.6. The Morgan fingerprint density at radius 2 is 1.58 bits per heavy atom. The fraction of sp³-hybridized carbons (Fsp3) is 0.395. The Balaban J connectivity index is 0.00000627. The molecule has 1 heterocycles. The number of hydrogen-bond acceptors (Lipinski definition) is 6. The largest absolute Gasteiger partial charge is 0.492 e. The molecule has 0 bridgehead atoms. The van der Waals surface area contributed by atoms with Crippen LogP contribution in [-0.4, -0.2) is 63.2 Å². The summed E-state index contributed by atoms with van der Waals surface area (Å²) in [5.41, 5.74) is 4.19. The predicted molar refractivity (Wildman–Crippen MR) is 215 cm³/mol.